The first-order chi connectivity index (χ1) is 14.2. The van der Waals surface area contributed by atoms with Crippen molar-refractivity contribution in [1.29, 1.82) is 0 Å². The van der Waals surface area contributed by atoms with E-state index in [-0.39, 0.29) is 18.0 Å². The predicted molar refractivity (Wildman–Crippen MR) is 110 cm³/mol. The fraction of sp³-hybridized carbons (Fsp3) is 0.318. The topological polar surface area (TPSA) is 76.5 Å². The summed E-state index contributed by atoms with van der Waals surface area (Å²) < 4.78 is 6.87. The average Bonchev–Trinajstić information content (AvgIpc) is 2.76. The number of fused-ring (bicyclic) bond motifs is 1. The van der Waals surface area contributed by atoms with Crippen molar-refractivity contribution in [1.82, 2.24) is 19.8 Å². The van der Waals surface area contributed by atoms with Gasteiger partial charge in [0.15, 0.2) is 0 Å². The number of amides is 1. The van der Waals surface area contributed by atoms with Crippen LogP contribution in [0.4, 0.5) is 0 Å². The molecule has 1 saturated heterocycles. The number of carbonyl (C=O) groups is 1. The van der Waals surface area contributed by atoms with Crippen molar-refractivity contribution >= 4 is 16.9 Å². The lowest BCUT2D eigenvalue weighted by molar-refractivity contribution is -0.121. The summed E-state index contributed by atoms with van der Waals surface area (Å²) in [5.74, 6) is -0.204. The maximum atomic E-state index is 12.6. The molecule has 4 rings (SSSR count). The van der Waals surface area contributed by atoms with Crippen LogP contribution in [0.5, 0.6) is 0 Å². The van der Waals surface area contributed by atoms with E-state index in [0.29, 0.717) is 17.6 Å². The van der Waals surface area contributed by atoms with Crippen LogP contribution in [0, 0.1) is 0 Å². The second kappa shape index (κ2) is 8.98. The molecule has 1 aromatic heterocycles. The standard InChI is InChI=1S/C22H24N4O3/c27-21(16-26-20-8-4-3-7-19(20)23-14-22(26)28)24-13-17-5-1-2-6-18(17)15-25-9-11-29-12-10-25/h1-8,14H,9-13,15-16H2,(H,24,27). The predicted octanol–water partition coefficient (Wildman–Crippen LogP) is 1.55. The molecular formula is C22H24N4O3. The van der Waals surface area contributed by atoms with E-state index in [1.165, 1.54) is 16.3 Å². The van der Waals surface area contributed by atoms with Crippen LogP contribution in [0.3, 0.4) is 0 Å². The molecule has 2 heterocycles. The molecule has 0 spiro atoms. The zero-order valence-electron chi connectivity index (χ0n) is 16.2. The lowest BCUT2D eigenvalue weighted by Gasteiger charge is -2.27. The highest BCUT2D eigenvalue weighted by Crippen LogP contribution is 2.13. The van der Waals surface area contributed by atoms with E-state index in [4.69, 9.17) is 4.74 Å². The molecule has 1 N–H and O–H groups in total. The number of carbonyl (C=O) groups excluding carboxylic acids is 1. The van der Waals surface area contributed by atoms with Gasteiger partial charge in [0.2, 0.25) is 5.91 Å². The Hall–Kier alpha value is -3.03. The summed E-state index contributed by atoms with van der Waals surface area (Å²) in [4.78, 5) is 31.3. The number of ether oxygens (including phenoxy) is 1. The molecule has 3 aromatic rings. The number of aromatic nitrogens is 2. The third-order valence-corrected chi connectivity index (χ3v) is 5.15. The molecule has 0 unspecified atom stereocenters. The second-order valence-corrected chi connectivity index (χ2v) is 7.11. The van der Waals surface area contributed by atoms with Gasteiger partial charge in [-0.05, 0) is 23.3 Å². The van der Waals surface area contributed by atoms with Gasteiger partial charge in [-0.3, -0.25) is 19.1 Å². The number of benzene rings is 2. The van der Waals surface area contributed by atoms with Crippen LogP contribution in [-0.2, 0) is 29.2 Å². The van der Waals surface area contributed by atoms with Crippen LogP contribution in [0.2, 0.25) is 0 Å². The molecule has 0 aliphatic carbocycles. The SMILES string of the molecule is O=C(Cn1c(=O)cnc2ccccc21)NCc1ccccc1CN1CCOCC1. The van der Waals surface area contributed by atoms with Gasteiger partial charge in [-0.25, -0.2) is 4.98 Å². The Kier molecular flexibility index (Phi) is 5.97. The first kappa shape index (κ1) is 19.3. The van der Waals surface area contributed by atoms with Gasteiger partial charge in [0.1, 0.15) is 6.54 Å². The highest BCUT2D eigenvalue weighted by Gasteiger charge is 2.14. The summed E-state index contributed by atoms with van der Waals surface area (Å²) in [7, 11) is 0. The minimum Gasteiger partial charge on any atom is -0.379 e. The fourth-order valence-corrected chi connectivity index (χ4v) is 3.56. The van der Waals surface area contributed by atoms with E-state index in [1.807, 2.05) is 36.4 Å². The number of nitrogens with zero attached hydrogens (tertiary/aromatic N) is 3. The van der Waals surface area contributed by atoms with E-state index >= 15 is 0 Å². The number of para-hydroxylation sites is 2. The van der Waals surface area contributed by atoms with Crippen molar-refractivity contribution in [2.45, 2.75) is 19.6 Å². The largest absolute Gasteiger partial charge is 0.379 e. The van der Waals surface area contributed by atoms with Crippen molar-refractivity contribution < 1.29 is 9.53 Å². The number of morpholine rings is 1. The first-order valence-electron chi connectivity index (χ1n) is 9.79. The van der Waals surface area contributed by atoms with Crippen LogP contribution < -0.4 is 10.9 Å². The molecule has 1 amide bonds. The van der Waals surface area contributed by atoms with E-state index < -0.39 is 0 Å². The van der Waals surface area contributed by atoms with Gasteiger partial charge in [0.25, 0.3) is 5.56 Å². The molecule has 7 heteroatoms. The van der Waals surface area contributed by atoms with Gasteiger partial charge in [0, 0.05) is 26.2 Å². The summed E-state index contributed by atoms with van der Waals surface area (Å²) in [6, 6.07) is 15.4. The van der Waals surface area contributed by atoms with Crippen molar-refractivity contribution in [2.75, 3.05) is 26.3 Å². The van der Waals surface area contributed by atoms with Crippen LogP contribution in [0.1, 0.15) is 11.1 Å². The molecule has 1 aliphatic heterocycles. The van der Waals surface area contributed by atoms with Crippen LogP contribution >= 0.6 is 0 Å². The van der Waals surface area contributed by atoms with Gasteiger partial charge in [-0.1, -0.05) is 36.4 Å². The minimum absolute atomic E-state index is 0.0342. The molecule has 29 heavy (non-hydrogen) atoms. The van der Waals surface area contributed by atoms with Crippen molar-refractivity contribution in [3.8, 4) is 0 Å². The molecule has 1 fully saturated rings. The Labute approximate surface area is 168 Å². The monoisotopic (exact) mass is 392 g/mol. The molecule has 2 aromatic carbocycles. The molecular weight excluding hydrogens is 368 g/mol. The van der Waals surface area contributed by atoms with Crippen LogP contribution in [-0.4, -0.2) is 46.7 Å². The van der Waals surface area contributed by atoms with Crippen molar-refractivity contribution in [3.63, 3.8) is 0 Å². The Morgan fingerprint density at radius 3 is 2.59 bits per heavy atom. The zero-order chi connectivity index (χ0) is 20.1. The van der Waals surface area contributed by atoms with E-state index in [1.54, 1.807) is 6.07 Å². The third-order valence-electron chi connectivity index (χ3n) is 5.15. The zero-order valence-corrected chi connectivity index (χ0v) is 16.2. The molecule has 7 nitrogen and oxygen atoms in total. The lowest BCUT2D eigenvalue weighted by Crippen LogP contribution is -2.36. The Morgan fingerprint density at radius 2 is 1.76 bits per heavy atom. The van der Waals surface area contributed by atoms with E-state index in [0.717, 1.165) is 38.4 Å². The minimum atomic E-state index is -0.286. The first-order valence-corrected chi connectivity index (χ1v) is 9.79. The van der Waals surface area contributed by atoms with Crippen molar-refractivity contribution in [3.05, 3.63) is 76.2 Å². The third kappa shape index (κ3) is 4.70. The normalized spacial score (nSPS) is 14.8. The van der Waals surface area contributed by atoms with Gasteiger partial charge in [0.05, 0.1) is 30.4 Å². The molecule has 150 valence electrons. The van der Waals surface area contributed by atoms with Gasteiger partial charge < -0.3 is 10.1 Å². The number of hydrogen-bond acceptors (Lipinski definition) is 5. The lowest BCUT2D eigenvalue weighted by atomic mass is 10.1. The van der Waals surface area contributed by atoms with Gasteiger partial charge >= 0.3 is 0 Å². The number of hydrogen-bond donors (Lipinski definition) is 1. The Bertz CT molecular complexity index is 1060. The summed E-state index contributed by atoms with van der Waals surface area (Å²) in [6.45, 7) is 4.58. The summed E-state index contributed by atoms with van der Waals surface area (Å²) >= 11 is 0. The van der Waals surface area contributed by atoms with E-state index in [2.05, 4.69) is 21.3 Å². The molecule has 1 aliphatic rings. The molecule has 0 radical (unpaired) electrons. The fourth-order valence-electron chi connectivity index (χ4n) is 3.56. The number of nitrogens with one attached hydrogen (secondary N) is 1. The van der Waals surface area contributed by atoms with Gasteiger partial charge in [-0.2, -0.15) is 0 Å². The summed E-state index contributed by atoms with van der Waals surface area (Å²) in [5.41, 5.74) is 3.34. The van der Waals surface area contributed by atoms with Crippen LogP contribution in [0.25, 0.3) is 11.0 Å². The highest BCUT2D eigenvalue weighted by molar-refractivity contribution is 5.79. The number of rotatable bonds is 6. The smallest absolute Gasteiger partial charge is 0.269 e. The maximum absolute atomic E-state index is 12.6. The summed E-state index contributed by atoms with van der Waals surface area (Å²) in [6.07, 6.45) is 1.26. The Morgan fingerprint density at radius 1 is 1.03 bits per heavy atom. The summed E-state index contributed by atoms with van der Waals surface area (Å²) in [5, 5.41) is 2.95. The second-order valence-electron chi connectivity index (χ2n) is 7.11. The van der Waals surface area contributed by atoms with Crippen LogP contribution in [0.15, 0.2) is 59.5 Å². The molecule has 0 saturated carbocycles. The Balaban J connectivity index is 1.43. The average molecular weight is 392 g/mol. The van der Waals surface area contributed by atoms with Gasteiger partial charge in [-0.15, -0.1) is 0 Å². The molecule has 0 bridgehead atoms. The van der Waals surface area contributed by atoms with Crippen molar-refractivity contribution in [2.24, 2.45) is 0 Å². The maximum Gasteiger partial charge on any atom is 0.269 e. The highest BCUT2D eigenvalue weighted by atomic mass is 16.5. The molecule has 0 atom stereocenters. The van der Waals surface area contributed by atoms with E-state index in [9.17, 15) is 9.59 Å². The quantitative estimate of drug-likeness (QED) is 0.689.